The van der Waals surface area contributed by atoms with Crippen LogP contribution >= 0.6 is 36.1 Å². The van der Waals surface area contributed by atoms with Gasteiger partial charge < -0.3 is 0 Å². The third-order valence-corrected chi connectivity index (χ3v) is 10.5. The molecule has 128 valence electrons. The Balaban J connectivity index is 0.000000101. The van der Waals surface area contributed by atoms with Crippen LogP contribution in [0, 0.1) is 0 Å². The van der Waals surface area contributed by atoms with Crippen LogP contribution in [0.25, 0.3) is 0 Å². The van der Waals surface area contributed by atoms with Crippen molar-refractivity contribution >= 4 is 36.1 Å². The van der Waals surface area contributed by atoms with Crippen molar-refractivity contribution in [2.45, 2.75) is 0 Å². The molecular weight excluding hydrogens is 426 g/mol. The topological polar surface area (TPSA) is 18.1 Å². The molecule has 0 amide bonds. The van der Waals surface area contributed by atoms with Crippen LogP contribution in [-0.2, 0) is 15.1 Å². The molecular formula is C12H26Cl2N6P2Zn+2. The molecule has 0 spiro atoms. The second kappa shape index (κ2) is 8.23. The van der Waals surface area contributed by atoms with Gasteiger partial charge >= 0.3 is 34.5 Å². The monoisotopic (exact) mass is 450 g/mol. The summed E-state index contributed by atoms with van der Waals surface area (Å²) in [6.45, 7) is 16.5. The van der Waals surface area contributed by atoms with Crippen LogP contribution in [0.3, 0.4) is 0 Å². The van der Waals surface area contributed by atoms with Crippen molar-refractivity contribution in [1.82, 2.24) is 28.0 Å². The summed E-state index contributed by atoms with van der Waals surface area (Å²) in [5.41, 5.74) is 0. The fourth-order valence-electron chi connectivity index (χ4n) is 2.70. The predicted octanol–water partition coefficient (Wildman–Crippen LogP) is 1.16. The first-order valence-electron chi connectivity index (χ1n) is 8.67. The molecule has 11 heteroatoms. The van der Waals surface area contributed by atoms with Gasteiger partial charge in [0.15, 0.2) is 0 Å². The number of rotatable bonds is 6. The molecule has 6 heterocycles. The third-order valence-electron chi connectivity index (χ3n) is 4.38. The molecule has 0 aliphatic carbocycles. The van der Waals surface area contributed by atoms with Gasteiger partial charge in [0.25, 0.3) is 0 Å². The van der Waals surface area contributed by atoms with Crippen LogP contribution in [0.4, 0.5) is 0 Å². The third kappa shape index (κ3) is 5.91. The fraction of sp³-hybridized carbons (Fsp3) is 1.00. The summed E-state index contributed by atoms with van der Waals surface area (Å²) in [6, 6.07) is 0. The van der Waals surface area contributed by atoms with Gasteiger partial charge in [-0.1, -0.05) is 0 Å². The fourth-order valence-corrected chi connectivity index (χ4v) is 8.10. The van der Waals surface area contributed by atoms with E-state index in [2.05, 4.69) is 28.0 Å². The SMILES string of the molecule is C1CN1[PH+](N1CC1)N1CC1.C1CN1[PH+](N1CC1)N1CC1.[Cl][Zn][Cl]. The summed E-state index contributed by atoms with van der Waals surface area (Å²) < 4.78 is 15.9. The molecule has 0 saturated carbocycles. The Labute approximate surface area is 157 Å². The van der Waals surface area contributed by atoms with Crippen molar-refractivity contribution in [2.24, 2.45) is 0 Å². The van der Waals surface area contributed by atoms with E-state index < -0.39 is 15.1 Å². The summed E-state index contributed by atoms with van der Waals surface area (Å²) in [5.74, 6) is 0. The van der Waals surface area contributed by atoms with Crippen molar-refractivity contribution in [1.29, 1.82) is 0 Å². The zero-order valence-corrected chi connectivity index (χ0v) is 20.1. The molecule has 0 aromatic heterocycles. The number of nitrogens with zero attached hydrogens (tertiary/aromatic N) is 6. The van der Waals surface area contributed by atoms with Gasteiger partial charge in [0.1, 0.15) is 0 Å². The Morgan fingerprint density at radius 3 is 0.652 bits per heavy atom. The average molecular weight is 453 g/mol. The summed E-state index contributed by atoms with van der Waals surface area (Å²) >= 11 is -0.931. The van der Waals surface area contributed by atoms with Gasteiger partial charge in [0.05, 0.1) is 78.5 Å². The first kappa shape index (κ1) is 18.2. The van der Waals surface area contributed by atoms with Crippen LogP contribution < -0.4 is 0 Å². The summed E-state index contributed by atoms with van der Waals surface area (Å²) in [6.07, 6.45) is 0. The van der Waals surface area contributed by atoms with E-state index in [1.807, 2.05) is 0 Å². The van der Waals surface area contributed by atoms with E-state index in [0.29, 0.717) is 0 Å². The molecule has 6 rings (SSSR count). The van der Waals surface area contributed by atoms with Crippen LogP contribution in [0.15, 0.2) is 0 Å². The molecule has 0 atom stereocenters. The minimum atomic E-state index is -0.931. The van der Waals surface area contributed by atoms with E-state index in [1.165, 1.54) is 78.5 Å². The first-order chi connectivity index (χ1) is 11.3. The van der Waals surface area contributed by atoms with E-state index in [4.69, 9.17) is 19.4 Å². The van der Waals surface area contributed by atoms with E-state index in [9.17, 15) is 0 Å². The van der Waals surface area contributed by atoms with Crippen LogP contribution in [0.5, 0.6) is 0 Å². The summed E-state index contributed by atoms with van der Waals surface area (Å²) in [4.78, 5) is 0. The standard InChI is InChI=1S/2C6H12N3P.2ClH.Zn/c2*1-2-7(1)10(8-3-4-8)9-5-6-9;;;/h2*1-6H2;2*1H;/q;;;;+2. The zero-order valence-electron chi connectivity index (χ0n) is 13.6. The van der Waals surface area contributed by atoms with Crippen molar-refractivity contribution < 1.29 is 15.1 Å². The van der Waals surface area contributed by atoms with Crippen molar-refractivity contribution in [3.63, 3.8) is 0 Å². The molecule has 0 N–H and O–H groups in total. The van der Waals surface area contributed by atoms with Crippen molar-refractivity contribution in [3.05, 3.63) is 0 Å². The molecule has 6 aliphatic heterocycles. The molecule has 6 saturated heterocycles. The van der Waals surface area contributed by atoms with Gasteiger partial charge in [0.2, 0.25) is 16.7 Å². The number of hydrogen-bond acceptors (Lipinski definition) is 6. The Morgan fingerprint density at radius 2 is 0.565 bits per heavy atom. The number of halogens is 2. The second-order valence-corrected chi connectivity index (χ2v) is 16.2. The average Bonchev–Trinajstić information content (AvgIpc) is 3.38. The summed E-state index contributed by atoms with van der Waals surface area (Å²) in [7, 11) is 9.38. The van der Waals surface area contributed by atoms with Gasteiger partial charge in [-0.05, 0) is 0 Å². The molecule has 0 aromatic rings. The maximum atomic E-state index is 4.95. The summed E-state index contributed by atoms with van der Waals surface area (Å²) in [5, 5.41) is 0. The Bertz CT molecular complexity index is 310. The molecule has 6 fully saturated rings. The zero-order chi connectivity index (χ0) is 15.8. The first-order valence-corrected chi connectivity index (χ1v) is 19.2. The Kier molecular flexibility index (Phi) is 6.51. The van der Waals surface area contributed by atoms with Crippen LogP contribution in [-0.4, -0.2) is 107 Å². The van der Waals surface area contributed by atoms with Crippen LogP contribution in [0.2, 0.25) is 0 Å². The van der Waals surface area contributed by atoms with Crippen LogP contribution in [0.1, 0.15) is 0 Å². The molecule has 0 aromatic carbocycles. The quantitative estimate of drug-likeness (QED) is 0.340. The van der Waals surface area contributed by atoms with Crippen molar-refractivity contribution in [3.8, 4) is 0 Å². The molecule has 0 unspecified atom stereocenters. The molecule has 23 heavy (non-hydrogen) atoms. The predicted molar refractivity (Wildman–Crippen MR) is 97.8 cm³/mol. The van der Waals surface area contributed by atoms with Gasteiger partial charge in [-0.15, -0.1) is 28.0 Å². The van der Waals surface area contributed by atoms with E-state index in [0.717, 1.165) is 0 Å². The Hall–Kier alpha value is 1.82. The van der Waals surface area contributed by atoms with E-state index in [-0.39, 0.29) is 16.7 Å². The normalized spacial score (nSPS) is 29.4. The van der Waals surface area contributed by atoms with Gasteiger partial charge in [-0.25, -0.2) is 0 Å². The van der Waals surface area contributed by atoms with Gasteiger partial charge in [0, 0.05) is 0 Å². The second-order valence-electron chi connectivity index (χ2n) is 6.62. The van der Waals surface area contributed by atoms with Gasteiger partial charge in [-0.2, -0.15) is 0 Å². The van der Waals surface area contributed by atoms with E-state index in [1.54, 1.807) is 0 Å². The van der Waals surface area contributed by atoms with E-state index >= 15 is 0 Å². The van der Waals surface area contributed by atoms with Crippen molar-refractivity contribution in [2.75, 3.05) is 78.5 Å². The molecule has 0 radical (unpaired) electrons. The Morgan fingerprint density at radius 1 is 0.435 bits per heavy atom. The maximum absolute atomic E-state index is 4.95. The van der Waals surface area contributed by atoms with Gasteiger partial charge in [-0.3, -0.25) is 0 Å². The molecule has 0 bridgehead atoms. The number of hydrogen-bond donors (Lipinski definition) is 0. The molecule has 6 aliphatic rings. The minimum absolute atomic E-state index is 0.262. The molecule has 6 nitrogen and oxygen atoms in total.